The van der Waals surface area contributed by atoms with Crippen molar-refractivity contribution in [3.63, 3.8) is 0 Å². The van der Waals surface area contributed by atoms with Crippen molar-refractivity contribution in [3.05, 3.63) is 108 Å². The number of aliphatic carboxylic acids is 1. The molecule has 0 saturated carbocycles. The van der Waals surface area contributed by atoms with Gasteiger partial charge in [-0.25, -0.2) is 0 Å². The summed E-state index contributed by atoms with van der Waals surface area (Å²) < 4.78 is 6.16. The third-order valence-electron chi connectivity index (χ3n) is 5.87. The third kappa shape index (κ3) is 6.13. The van der Waals surface area contributed by atoms with Gasteiger partial charge in [0.05, 0.1) is 5.69 Å². The third-order valence-corrected chi connectivity index (χ3v) is 5.87. The van der Waals surface area contributed by atoms with E-state index >= 15 is 0 Å². The molecule has 4 heteroatoms. The minimum absolute atomic E-state index is 0.148. The summed E-state index contributed by atoms with van der Waals surface area (Å²) in [5, 5.41) is 11.4. The molecule has 0 aliphatic rings. The van der Waals surface area contributed by atoms with E-state index in [0.717, 1.165) is 35.5 Å². The van der Waals surface area contributed by atoms with E-state index in [9.17, 15) is 4.79 Å². The van der Waals surface area contributed by atoms with Gasteiger partial charge in [-0.1, -0.05) is 78.9 Å². The van der Waals surface area contributed by atoms with E-state index in [1.807, 2.05) is 42.5 Å². The largest absolute Gasteiger partial charge is 0.487 e. The van der Waals surface area contributed by atoms with Crippen molar-refractivity contribution in [3.8, 4) is 5.75 Å². The van der Waals surface area contributed by atoms with Gasteiger partial charge in [-0.05, 0) is 52.4 Å². The molecule has 0 unspecified atom stereocenters. The highest BCUT2D eigenvalue weighted by Crippen LogP contribution is 2.28. The average Bonchev–Trinajstić information content (AvgIpc) is 2.85. The number of ether oxygens (including phenoxy) is 1. The second kappa shape index (κ2) is 10.7. The SMILES string of the molecule is CN(CCc1ccc2ccccc2c1)c1ccccc1OCc1ccc(CCC(=O)O)cc1. The maximum atomic E-state index is 10.7. The van der Waals surface area contributed by atoms with E-state index in [-0.39, 0.29) is 6.42 Å². The number of fused-ring (bicyclic) bond motifs is 1. The van der Waals surface area contributed by atoms with Gasteiger partial charge >= 0.3 is 5.97 Å². The molecule has 0 saturated heterocycles. The van der Waals surface area contributed by atoms with E-state index in [4.69, 9.17) is 9.84 Å². The lowest BCUT2D eigenvalue weighted by molar-refractivity contribution is -0.136. The quantitative estimate of drug-likeness (QED) is 0.324. The topological polar surface area (TPSA) is 49.8 Å². The van der Waals surface area contributed by atoms with Crippen molar-refractivity contribution in [2.45, 2.75) is 25.9 Å². The predicted octanol–water partition coefficient (Wildman–Crippen LogP) is 6.11. The first-order valence-corrected chi connectivity index (χ1v) is 11.3. The zero-order chi connectivity index (χ0) is 23.0. The average molecular weight is 440 g/mol. The Balaban J connectivity index is 1.36. The zero-order valence-corrected chi connectivity index (χ0v) is 18.9. The van der Waals surface area contributed by atoms with Crippen LogP contribution in [0.4, 0.5) is 5.69 Å². The van der Waals surface area contributed by atoms with Crippen molar-refractivity contribution < 1.29 is 14.6 Å². The lowest BCUT2D eigenvalue weighted by atomic mass is 10.0. The van der Waals surface area contributed by atoms with Gasteiger partial charge in [-0.2, -0.15) is 0 Å². The molecule has 0 aromatic heterocycles. The molecule has 0 amide bonds. The molecule has 0 radical (unpaired) electrons. The summed E-state index contributed by atoms with van der Waals surface area (Å²) in [6.07, 6.45) is 1.64. The molecule has 4 aromatic rings. The van der Waals surface area contributed by atoms with Crippen molar-refractivity contribution in [2.75, 3.05) is 18.5 Å². The summed E-state index contributed by atoms with van der Waals surface area (Å²) in [5.74, 6) is 0.0808. The maximum absolute atomic E-state index is 10.7. The zero-order valence-electron chi connectivity index (χ0n) is 18.9. The number of likely N-dealkylation sites (N-methyl/N-ethyl adjacent to an activating group) is 1. The number of aryl methyl sites for hydroxylation is 1. The molecule has 0 fully saturated rings. The first kappa shape index (κ1) is 22.4. The van der Waals surface area contributed by atoms with Crippen LogP contribution in [0.15, 0.2) is 91.0 Å². The number of para-hydroxylation sites is 2. The van der Waals surface area contributed by atoms with Crippen molar-refractivity contribution in [1.29, 1.82) is 0 Å². The molecule has 4 nitrogen and oxygen atoms in total. The molecule has 0 aliphatic carbocycles. The molecule has 0 heterocycles. The highest BCUT2D eigenvalue weighted by molar-refractivity contribution is 5.83. The lowest BCUT2D eigenvalue weighted by Crippen LogP contribution is -2.21. The Morgan fingerprint density at radius 1 is 0.788 bits per heavy atom. The van der Waals surface area contributed by atoms with Gasteiger partial charge in [0.1, 0.15) is 12.4 Å². The first-order chi connectivity index (χ1) is 16.1. The van der Waals surface area contributed by atoms with Crippen LogP contribution in [-0.4, -0.2) is 24.7 Å². The fourth-order valence-electron chi connectivity index (χ4n) is 3.92. The van der Waals surface area contributed by atoms with Crippen LogP contribution in [0, 0.1) is 0 Å². The Hall–Kier alpha value is -3.79. The second-order valence-electron chi connectivity index (χ2n) is 8.32. The number of anilines is 1. The number of benzene rings is 4. The summed E-state index contributed by atoms with van der Waals surface area (Å²) in [4.78, 5) is 13.0. The lowest BCUT2D eigenvalue weighted by Gasteiger charge is -2.22. The summed E-state index contributed by atoms with van der Waals surface area (Å²) in [6, 6.07) is 31.2. The van der Waals surface area contributed by atoms with Gasteiger partial charge in [0.15, 0.2) is 0 Å². The smallest absolute Gasteiger partial charge is 0.303 e. The Morgan fingerprint density at radius 2 is 1.45 bits per heavy atom. The van der Waals surface area contributed by atoms with Crippen LogP contribution in [-0.2, 0) is 24.2 Å². The highest BCUT2D eigenvalue weighted by Gasteiger charge is 2.09. The van der Waals surface area contributed by atoms with Crippen molar-refractivity contribution >= 4 is 22.4 Å². The Kier molecular flexibility index (Phi) is 7.26. The maximum Gasteiger partial charge on any atom is 0.303 e. The van der Waals surface area contributed by atoms with E-state index in [1.165, 1.54) is 16.3 Å². The summed E-state index contributed by atoms with van der Waals surface area (Å²) in [5.41, 5.74) is 4.47. The van der Waals surface area contributed by atoms with Crippen LogP contribution < -0.4 is 9.64 Å². The monoisotopic (exact) mass is 439 g/mol. The molecular formula is C29H29NO3. The summed E-state index contributed by atoms with van der Waals surface area (Å²) >= 11 is 0. The fourth-order valence-corrected chi connectivity index (χ4v) is 3.92. The Bertz CT molecular complexity index is 1220. The highest BCUT2D eigenvalue weighted by atomic mass is 16.5. The molecular weight excluding hydrogens is 410 g/mol. The van der Waals surface area contributed by atoms with Crippen LogP contribution in [0.2, 0.25) is 0 Å². The number of carboxylic acid groups (broad SMARTS) is 1. The molecule has 0 bridgehead atoms. The molecule has 33 heavy (non-hydrogen) atoms. The van der Waals surface area contributed by atoms with Crippen molar-refractivity contribution in [2.24, 2.45) is 0 Å². The minimum Gasteiger partial charge on any atom is -0.487 e. The van der Waals surface area contributed by atoms with Gasteiger partial charge in [-0.3, -0.25) is 4.79 Å². The predicted molar refractivity (Wildman–Crippen MR) is 134 cm³/mol. The van der Waals surface area contributed by atoms with Crippen LogP contribution in [0.5, 0.6) is 5.75 Å². The number of carboxylic acids is 1. The normalized spacial score (nSPS) is 10.8. The molecule has 4 aromatic carbocycles. The first-order valence-electron chi connectivity index (χ1n) is 11.3. The van der Waals surface area contributed by atoms with Gasteiger partial charge in [-0.15, -0.1) is 0 Å². The molecule has 0 atom stereocenters. The number of nitrogens with zero attached hydrogens (tertiary/aromatic N) is 1. The van der Waals surface area contributed by atoms with Gasteiger partial charge in [0, 0.05) is 20.0 Å². The van der Waals surface area contributed by atoms with Gasteiger partial charge < -0.3 is 14.7 Å². The van der Waals surface area contributed by atoms with Crippen LogP contribution >= 0.6 is 0 Å². The number of hydrogen-bond donors (Lipinski definition) is 1. The summed E-state index contributed by atoms with van der Waals surface area (Å²) in [6.45, 7) is 1.35. The van der Waals surface area contributed by atoms with Crippen LogP contribution in [0.1, 0.15) is 23.1 Å². The molecule has 0 spiro atoms. The Labute approximate surface area is 195 Å². The van der Waals surface area contributed by atoms with Crippen LogP contribution in [0.3, 0.4) is 0 Å². The van der Waals surface area contributed by atoms with Gasteiger partial charge in [0.25, 0.3) is 0 Å². The van der Waals surface area contributed by atoms with E-state index in [0.29, 0.717) is 13.0 Å². The number of hydrogen-bond acceptors (Lipinski definition) is 3. The molecule has 4 rings (SSSR count). The molecule has 1 N–H and O–H groups in total. The van der Waals surface area contributed by atoms with Crippen LogP contribution in [0.25, 0.3) is 10.8 Å². The minimum atomic E-state index is -0.774. The van der Waals surface area contributed by atoms with Crippen molar-refractivity contribution in [1.82, 2.24) is 0 Å². The van der Waals surface area contributed by atoms with Gasteiger partial charge in [0.2, 0.25) is 0 Å². The fraction of sp³-hybridized carbons (Fsp3) is 0.207. The summed E-state index contributed by atoms with van der Waals surface area (Å²) in [7, 11) is 2.10. The van der Waals surface area contributed by atoms with E-state index in [1.54, 1.807) is 0 Å². The standard InChI is InChI=1S/C29H29NO3/c1-30(19-18-23-14-16-25-6-2-3-7-26(25)20-23)27-8-4-5-9-28(27)33-21-24-12-10-22(11-13-24)15-17-29(31)32/h2-14,16,20H,15,17-19,21H2,1H3,(H,31,32). The number of rotatable bonds is 10. The Morgan fingerprint density at radius 3 is 2.24 bits per heavy atom. The number of carbonyl (C=O) groups is 1. The second-order valence-corrected chi connectivity index (χ2v) is 8.32. The van der Waals surface area contributed by atoms with E-state index in [2.05, 4.69) is 60.5 Å². The molecule has 168 valence electrons. The molecule has 0 aliphatic heterocycles. The van der Waals surface area contributed by atoms with E-state index < -0.39 is 5.97 Å².